The van der Waals surface area contributed by atoms with Gasteiger partial charge in [0.15, 0.2) is 0 Å². The minimum absolute atomic E-state index is 0.0253. The number of likely N-dealkylation sites (N-methyl/N-ethyl adjacent to an activating group) is 1. The molecule has 176 valence electrons. The largest absolute Gasteiger partial charge is 0.378 e. The SMILES string of the molecule is CN1CCN(c2ccc(F)cc2CN2CCN(c3ccc(N4CCOCC4)cc3)C2=O)CC1. The molecule has 2 amide bonds. The number of halogens is 1. The van der Waals surface area contributed by atoms with Gasteiger partial charge in [0.2, 0.25) is 0 Å². The molecule has 7 nitrogen and oxygen atoms in total. The van der Waals surface area contributed by atoms with E-state index in [-0.39, 0.29) is 11.8 Å². The van der Waals surface area contributed by atoms with E-state index in [1.165, 1.54) is 6.07 Å². The molecule has 3 fully saturated rings. The first kappa shape index (κ1) is 22.0. The van der Waals surface area contributed by atoms with E-state index in [2.05, 4.69) is 33.9 Å². The van der Waals surface area contributed by atoms with Gasteiger partial charge in [-0.25, -0.2) is 9.18 Å². The number of nitrogens with zero attached hydrogens (tertiary/aromatic N) is 5. The van der Waals surface area contributed by atoms with Crippen molar-refractivity contribution in [2.45, 2.75) is 6.54 Å². The highest BCUT2D eigenvalue weighted by Gasteiger charge is 2.31. The molecule has 0 aliphatic carbocycles. The first-order chi connectivity index (χ1) is 16.1. The molecule has 33 heavy (non-hydrogen) atoms. The third kappa shape index (κ3) is 4.77. The van der Waals surface area contributed by atoms with Crippen LogP contribution in [0.2, 0.25) is 0 Å². The second-order valence-corrected chi connectivity index (χ2v) is 9.03. The monoisotopic (exact) mass is 453 g/mol. The van der Waals surface area contributed by atoms with Crippen molar-refractivity contribution < 1.29 is 13.9 Å². The van der Waals surface area contributed by atoms with Gasteiger partial charge >= 0.3 is 6.03 Å². The first-order valence-electron chi connectivity index (χ1n) is 11.8. The standard InChI is InChI=1S/C25H32FN5O2/c1-27-8-10-29(11-9-27)24-7-2-21(26)18-20(24)19-30-12-13-31(25(30)32)23-5-3-22(4-6-23)28-14-16-33-17-15-28/h2-7,18H,8-17,19H2,1H3. The van der Waals surface area contributed by atoms with Crippen LogP contribution in [-0.2, 0) is 11.3 Å². The van der Waals surface area contributed by atoms with Crippen molar-refractivity contribution in [1.29, 1.82) is 0 Å². The van der Waals surface area contributed by atoms with E-state index >= 15 is 0 Å². The topological polar surface area (TPSA) is 42.5 Å². The van der Waals surface area contributed by atoms with Crippen molar-refractivity contribution in [2.75, 3.05) is 87.3 Å². The van der Waals surface area contributed by atoms with Crippen LogP contribution in [-0.4, -0.2) is 88.5 Å². The van der Waals surface area contributed by atoms with Crippen LogP contribution in [0.1, 0.15) is 5.56 Å². The lowest BCUT2D eigenvalue weighted by atomic mass is 10.1. The number of amides is 2. The summed E-state index contributed by atoms with van der Waals surface area (Å²) in [6.45, 7) is 8.72. The van der Waals surface area contributed by atoms with Crippen molar-refractivity contribution >= 4 is 23.1 Å². The predicted octanol–water partition coefficient (Wildman–Crippen LogP) is 2.86. The Morgan fingerprint density at radius 1 is 0.818 bits per heavy atom. The number of carbonyl (C=O) groups excluding carboxylic acids is 1. The van der Waals surface area contributed by atoms with Gasteiger partial charge in [-0.2, -0.15) is 0 Å². The van der Waals surface area contributed by atoms with Gasteiger partial charge in [0, 0.05) is 76.0 Å². The molecule has 3 aliphatic heterocycles. The fraction of sp³-hybridized carbons (Fsp3) is 0.480. The summed E-state index contributed by atoms with van der Waals surface area (Å²) in [4.78, 5) is 23.8. The quantitative estimate of drug-likeness (QED) is 0.697. The summed E-state index contributed by atoms with van der Waals surface area (Å²) in [7, 11) is 2.12. The van der Waals surface area contributed by atoms with E-state index in [1.54, 1.807) is 6.07 Å². The Bertz CT molecular complexity index is 971. The fourth-order valence-corrected chi connectivity index (χ4v) is 4.88. The number of urea groups is 1. The van der Waals surface area contributed by atoms with Gasteiger partial charge in [0.1, 0.15) is 5.82 Å². The third-order valence-electron chi connectivity index (χ3n) is 6.88. The molecule has 0 aromatic heterocycles. The molecule has 3 saturated heterocycles. The second kappa shape index (κ2) is 9.57. The number of ether oxygens (including phenoxy) is 1. The summed E-state index contributed by atoms with van der Waals surface area (Å²) < 4.78 is 19.6. The zero-order valence-electron chi connectivity index (χ0n) is 19.3. The first-order valence-corrected chi connectivity index (χ1v) is 11.8. The summed E-state index contributed by atoms with van der Waals surface area (Å²) in [6.07, 6.45) is 0. The lowest BCUT2D eigenvalue weighted by molar-refractivity contribution is 0.122. The van der Waals surface area contributed by atoms with E-state index in [9.17, 15) is 9.18 Å². The molecule has 0 saturated carbocycles. The van der Waals surface area contributed by atoms with Gasteiger partial charge in [-0.15, -0.1) is 0 Å². The molecule has 3 heterocycles. The Morgan fingerprint density at radius 3 is 2.24 bits per heavy atom. The van der Waals surface area contributed by atoms with Gasteiger partial charge in [-0.1, -0.05) is 0 Å². The summed E-state index contributed by atoms with van der Waals surface area (Å²) >= 11 is 0. The van der Waals surface area contributed by atoms with E-state index in [0.717, 1.165) is 75.1 Å². The van der Waals surface area contributed by atoms with Crippen molar-refractivity contribution in [2.24, 2.45) is 0 Å². The summed E-state index contributed by atoms with van der Waals surface area (Å²) in [5.74, 6) is -0.259. The Kier molecular flexibility index (Phi) is 6.37. The van der Waals surface area contributed by atoms with E-state index in [4.69, 9.17) is 4.74 Å². The number of piperazine rings is 1. The Labute approximate surface area is 194 Å². The number of carbonyl (C=O) groups is 1. The predicted molar refractivity (Wildman–Crippen MR) is 129 cm³/mol. The molecule has 0 atom stereocenters. The van der Waals surface area contributed by atoms with Gasteiger partial charge in [-0.05, 0) is 55.1 Å². The van der Waals surface area contributed by atoms with E-state index < -0.39 is 0 Å². The fourth-order valence-electron chi connectivity index (χ4n) is 4.88. The molecule has 0 radical (unpaired) electrons. The molecule has 0 bridgehead atoms. The maximum atomic E-state index is 14.1. The molecule has 0 unspecified atom stereocenters. The highest BCUT2D eigenvalue weighted by molar-refractivity contribution is 5.94. The zero-order valence-corrected chi connectivity index (χ0v) is 19.3. The average Bonchev–Trinajstić information content (AvgIpc) is 3.20. The van der Waals surface area contributed by atoms with Crippen LogP contribution < -0.4 is 14.7 Å². The van der Waals surface area contributed by atoms with Crippen molar-refractivity contribution in [3.63, 3.8) is 0 Å². The molecule has 2 aromatic rings. The zero-order chi connectivity index (χ0) is 22.8. The molecule has 0 spiro atoms. The number of rotatable bonds is 5. The number of anilines is 3. The van der Waals surface area contributed by atoms with Gasteiger partial charge in [0.05, 0.1) is 13.2 Å². The second-order valence-electron chi connectivity index (χ2n) is 9.03. The average molecular weight is 454 g/mol. The van der Waals surface area contributed by atoms with Gasteiger partial charge in [-0.3, -0.25) is 4.90 Å². The maximum Gasteiger partial charge on any atom is 0.324 e. The van der Waals surface area contributed by atoms with Crippen molar-refractivity contribution in [1.82, 2.24) is 9.80 Å². The van der Waals surface area contributed by atoms with Crippen molar-refractivity contribution in [3.8, 4) is 0 Å². The molecule has 3 aliphatic rings. The van der Waals surface area contributed by atoms with Gasteiger partial charge in [0.25, 0.3) is 0 Å². The van der Waals surface area contributed by atoms with Crippen LogP contribution >= 0.6 is 0 Å². The van der Waals surface area contributed by atoms with Crippen molar-refractivity contribution in [3.05, 3.63) is 53.8 Å². The molecular formula is C25H32FN5O2. The molecule has 2 aromatic carbocycles. The van der Waals surface area contributed by atoms with Gasteiger partial charge < -0.3 is 24.3 Å². The summed E-state index contributed by atoms with van der Waals surface area (Å²) in [5, 5.41) is 0. The summed E-state index contributed by atoms with van der Waals surface area (Å²) in [6, 6.07) is 13.1. The van der Waals surface area contributed by atoms with E-state index in [1.807, 2.05) is 28.0 Å². The van der Waals surface area contributed by atoms with Crippen LogP contribution in [0.15, 0.2) is 42.5 Å². The minimum atomic E-state index is -0.259. The normalized spacial score (nSPS) is 20.1. The molecule has 0 N–H and O–H groups in total. The number of benzene rings is 2. The Hall–Kier alpha value is -2.84. The molecular weight excluding hydrogens is 421 g/mol. The highest BCUT2D eigenvalue weighted by atomic mass is 19.1. The third-order valence-corrected chi connectivity index (χ3v) is 6.88. The van der Waals surface area contributed by atoms with Crippen LogP contribution in [0.25, 0.3) is 0 Å². The van der Waals surface area contributed by atoms with Crippen LogP contribution in [0.5, 0.6) is 0 Å². The van der Waals surface area contributed by atoms with E-state index in [0.29, 0.717) is 19.6 Å². The highest BCUT2D eigenvalue weighted by Crippen LogP contribution is 2.28. The Morgan fingerprint density at radius 2 is 1.52 bits per heavy atom. The molecule has 5 rings (SSSR count). The maximum absolute atomic E-state index is 14.1. The number of hydrogen-bond donors (Lipinski definition) is 0. The van der Waals surface area contributed by atoms with Crippen LogP contribution in [0, 0.1) is 5.82 Å². The molecule has 8 heteroatoms. The summed E-state index contributed by atoms with van der Waals surface area (Å²) in [5.41, 5.74) is 3.96. The smallest absolute Gasteiger partial charge is 0.324 e. The van der Waals surface area contributed by atoms with Crippen LogP contribution in [0.3, 0.4) is 0 Å². The van der Waals surface area contributed by atoms with Crippen LogP contribution in [0.4, 0.5) is 26.2 Å². The minimum Gasteiger partial charge on any atom is -0.378 e. The number of morpholine rings is 1. The lowest BCUT2D eigenvalue weighted by Crippen LogP contribution is -2.45. The Balaban J connectivity index is 1.28. The lowest BCUT2D eigenvalue weighted by Gasteiger charge is -2.35. The number of hydrogen-bond acceptors (Lipinski definition) is 5.